The molecule has 0 saturated heterocycles. The quantitative estimate of drug-likeness (QED) is 0.191. The summed E-state index contributed by atoms with van der Waals surface area (Å²) in [6.07, 6.45) is 0. The van der Waals surface area contributed by atoms with Crippen LogP contribution in [-0.2, 0) is 0 Å². The van der Waals surface area contributed by atoms with Crippen LogP contribution in [0.1, 0.15) is 0 Å². The minimum Gasteiger partial charge on any atom is -0.456 e. The van der Waals surface area contributed by atoms with E-state index in [1.165, 1.54) is 60.2 Å². The van der Waals surface area contributed by atoms with E-state index >= 15 is 0 Å². The van der Waals surface area contributed by atoms with Crippen molar-refractivity contribution in [2.45, 2.75) is 0 Å². The maximum absolute atomic E-state index is 6.50. The van der Waals surface area contributed by atoms with Crippen LogP contribution < -0.4 is 54.6 Å². The lowest BCUT2D eigenvalue weighted by Gasteiger charge is -2.22. The third kappa shape index (κ3) is 4.96. The second-order valence-corrected chi connectivity index (χ2v) is 13.2. The monoisotopic (exact) mass is 595 g/mol. The van der Waals surface area contributed by atoms with Gasteiger partial charge in [0, 0.05) is 27.5 Å². The van der Waals surface area contributed by atoms with Crippen LogP contribution in [0, 0.1) is 0 Å². The predicted molar refractivity (Wildman–Crippen MR) is 231 cm³/mol. The molecular formula is C33H31B10N3O. The van der Waals surface area contributed by atoms with Crippen LogP contribution in [0.25, 0.3) is 67.2 Å². The number of fused-ring (bicyclic) bond motifs is 3. The van der Waals surface area contributed by atoms with Gasteiger partial charge in [0.25, 0.3) is 0 Å². The van der Waals surface area contributed by atoms with Gasteiger partial charge in [-0.05, 0) is 29.3 Å². The van der Waals surface area contributed by atoms with Gasteiger partial charge in [-0.2, -0.15) is 0 Å². The van der Waals surface area contributed by atoms with Crippen molar-refractivity contribution in [3.05, 3.63) is 66.7 Å². The molecule has 2 aromatic heterocycles. The minimum absolute atomic E-state index is 0.639. The van der Waals surface area contributed by atoms with Gasteiger partial charge in [0.15, 0.2) is 17.5 Å². The Morgan fingerprint density at radius 1 is 0.404 bits per heavy atom. The molecule has 0 unspecified atom stereocenters. The molecule has 0 N–H and O–H groups in total. The molecule has 7 rings (SSSR count). The highest BCUT2D eigenvalue weighted by atomic mass is 16.3. The number of hydrogen-bond donors (Lipinski definition) is 0. The molecular weight excluding hydrogens is 563 g/mol. The number of rotatable bonds is 4. The van der Waals surface area contributed by atoms with Gasteiger partial charge in [-0.25, -0.2) is 15.0 Å². The second-order valence-electron chi connectivity index (χ2n) is 13.2. The predicted octanol–water partition coefficient (Wildman–Crippen LogP) is -8.98. The number of nitrogens with zero attached hydrogens (tertiary/aromatic N) is 3. The number of aromatic nitrogens is 3. The first kappa shape index (κ1) is 31.2. The van der Waals surface area contributed by atoms with Crippen LogP contribution in [0.5, 0.6) is 0 Å². The fourth-order valence-corrected chi connectivity index (χ4v) is 7.22. The molecule has 0 amide bonds. The van der Waals surface area contributed by atoms with Gasteiger partial charge in [-0.1, -0.05) is 70.4 Å². The molecule has 0 saturated carbocycles. The van der Waals surface area contributed by atoms with Crippen molar-refractivity contribution in [2.75, 3.05) is 0 Å². The van der Waals surface area contributed by atoms with E-state index in [4.69, 9.17) is 19.4 Å². The van der Waals surface area contributed by atoms with E-state index in [0.717, 1.165) is 44.2 Å². The summed E-state index contributed by atoms with van der Waals surface area (Å²) in [5.74, 6) is 2.05. The second kappa shape index (κ2) is 11.7. The summed E-state index contributed by atoms with van der Waals surface area (Å²) in [6.45, 7) is 0. The number of benzene rings is 5. The first-order valence-electron chi connectivity index (χ1n) is 16.4. The van der Waals surface area contributed by atoms with Crippen molar-refractivity contribution in [1.29, 1.82) is 0 Å². The Morgan fingerprint density at radius 3 is 1.43 bits per heavy atom. The third-order valence-corrected chi connectivity index (χ3v) is 10.9. The normalized spacial score (nSPS) is 11.4. The molecule has 0 aliphatic carbocycles. The highest BCUT2D eigenvalue weighted by molar-refractivity contribution is 6.69. The van der Waals surface area contributed by atoms with E-state index in [2.05, 4.69) is 133 Å². The van der Waals surface area contributed by atoms with Crippen molar-refractivity contribution >= 4 is 155 Å². The Labute approximate surface area is 285 Å². The summed E-state index contributed by atoms with van der Waals surface area (Å²) >= 11 is 0. The molecule has 7 aromatic rings. The molecule has 0 radical (unpaired) electrons. The lowest BCUT2D eigenvalue weighted by molar-refractivity contribution is 0.669. The SMILES string of the molecule is Bc1c(B)c(B)c(-c2nc(-c3ccc4c(c3)oc3cccc(-c5ccccc5)c34)nc(-c3c(B)c(B)c(B)c(B)c3B)n2)c(B)c1B. The van der Waals surface area contributed by atoms with Gasteiger partial charge >= 0.3 is 0 Å². The van der Waals surface area contributed by atoms with Crippen molar-refractivity contribution in [2.24, 2.45) is 0 Å². The lowest BCUT2D eigenvalue weighted by atomic mass is 9.60. The van der Waals surface area contributed by atoms with Gasteiger partial charge in [-0.15, -0.1) is 32.8 Å². The molecule has 5 aromatic carbocycles. The molecule has 14 heteroatoms. The van der Waals surface area contributed by atoms with Gasteiger partial charge in [0.2, 0.25) is 0 Å². The first-order valence-corrected chi connectivity index (χ1v) is 16.4. The molecule has 4 nitrogen and oxygen atoms in total. The lowest BCUT2D eigenvalue weighted by Crippen LogP contribution is -2.55. The van der Waals surface area contributed by atoms with Crippen molar-refractivity contribution in [3.8, 4) is 45.3 Å². The van der Waals surface area contributed by atoms with Crippen LogP contribution in [0.15, 0.2) is 71.1 Å². The van der Waals surface area contributed by atoms with E-state index in [1.54, 1.807) is 0 Å². The van der Waals surface area contributed by atoms with E-state index in [1.807, 2.05) is 12.1 Å². The fourth-order valence-electron chi connectivity index (χ4n) is 7.22. The molecule has 0 bridgehead atoms. The molecule has 0 aliphatic heterocycles. The van der Waals surface area contributed by atoms with Crippen LogP contribution >= 0.6 is 0 Å². The molecule has 2 heterocycles. The average Bonchev–Trinajstić information content (AvgIpc) is 3.47. The molecule has 214 valence electrons. The Hall–Kier alpha value is -4.44. The van der Waals surface area contributed by atoms with Gasteiger partial charge < -0.3 is 4.42 Å². The largest absolute Gasteiger partial charge is 0.456 e. The summed E-state index contributed by atoms with van der Waals surface area (Å²) in [4.78, 5) is 15.7. The zero-order valence-corrected chi connectivity index (χ0v) is 29.1. The van der Waals surface area contributed by atoms with Gasteiger partial charge in [0.05, 0.1) is 0 Å². The highest BCUT2D eigenvalue weighted by Crippen LogP contribution is 2.38. The van der Waals surface area contributed by atoms with E-state index < -0.39 is 0 Å². The zero-order chi connectivity index (χ0) is 33.3. The molecule has 0 fully saturated rings. The fraction of sp³-hybridized carbons (Fsp3) is 0. The Morgan fingerprint density at radius 2 is 0.894 bits per heavy atom. The Bertz CT molecular complexity index is 2280. The van der Waals surface area contributed by atoms with Crippen LogP contribution in [0.2, 0.25) is 0 Å². The van der Waals surface area contributed by atoms with Crippen molar-refractivity contribution < 1.29 is 4.42 Å². The molecule has 47 heavy (non-hydrogen) atoms. The number of furan rings is 1. The van der Waals surface area contributed by atoms with Crippen LogP contribution in [-0.4, -0.2) is 93.4 Å². The average molecular weight is 594 g/mol. The third-order valence-electron chi connectivity index (χ3n) is 10.9. The molecule has 0 aliphatic rings. The topological polar surface area (TPSA) is 51.8 Å². The Kier molecular flexibility index (Phi) is 7.74. The zero-order valence-electron chi connectivity index (χ0n) is 29.1. The first-order chi connectivity index (χ1) is 22.5. The van der Waals surface area contributed by atoms with Crippen molar-refractivity contribution in [3.63, 3.8) is 0 Å². The summed E-state index contributed by atoms with van der Waals surface area (Å²) < 4.78 is 6.50. The highest BCUT2D eigenvalue weighted by Gasteiger charge is 2.22. The Balaban J connectivity index is 1.51. The molecule has 0 spiro atoms. The van der Waals surface area contributed by atoms with Crippen LogP contribution in [0.3, 0.4) is 0 Å². The van der Waals surface area contributed by atoms with Crippen molar-refractivity contribution in [1.82, 2.24) is 15.0 Å². The van der Waals surface area contributed by atoms with Gasteiger partial charge in [0.1, 0.15) is 89.6 Å². The van der Waals surface area contributed by atoms with Gasteiger partial charge in [-0.3, -0.25) is 0 Å². The van der Waals surface area contributed by atoms with E-state index in [0.29, 0.717) is 17.5 Å². The summed E-state index contributed by atoms with van der Waals surface area (Å²) in [5.41, 5.74) is 19.7. The van der Waals surface area contributed by atoms with E-state index in [9.17, 15) is 0 Å². The maximum atomic E-state index is 6.50. The smallest absolute Gasteiger partial charge is 0.164 e. The molecule has 0 atom stereocenters. The standard InChI is InChI=1S/C33H31B10N3O/c34-21-19(22(35)26(39)29(42)25(21)38)32-44-31(45-33(46-32)20-23(36)27(40)30(43)28(41)24(20)37)13-9-10-15-17(11-13)47-16-8-4-7-14(18(15)16)12-5-2-1-3-6-12/h1-11H,34-43H2. The summed E-state index contributed by atoms with van der Waals surface area (Å²) in [5, 5.41) is 2.19. The number of hydrogen-bond acceptors (Lipinski definition) is 4. The van der Waals surface area contributed by atoms with E-state index in [-0.39, 0.29) is 0 Å². The summed E-state index contributed by atoms with van der Waals surface area (Å²) in [6, 6.07) is 23.1. The minimum atomic E-state index is 0.639. The summed E-state index contributed by atoms with van der Waals surface area (Å²) in [7, 11) is 22.0. The van der Waals surface area contributed by atoms with Crippen LogP contribution in [0.4, 0.5) is 0 Å². The maximum Gasteiger partial charge on any atom is 0.164 e.